The van der Waals surface area contributed by atoms with Gasteiger partial charge in [0.15, 0.2) is 0 Å². The second-order valence-corrected chi connectivity index (χ2v) is 4.79. The SMILES string of the molecule is COC1CNC(C(=O)NCC2CC(O)C2)C1. The molecule has 16 heavy (non-hydrogen) atoms. The second kappa shape index (κ2) is 5.12. The standard InChI is InChI=1S/C11H20N2O3/c1-16-9-4-10(12-6-9)11(15)13-5-7-2-8(14)3-7/h7-10,12,14H,2-6H2,1H3,(H,13,15). The molecule has 0 bridgehead atoms. The molecule has 92 valence electrons. The van der Waals surface area contributed by atoms with Crippen LogP contribution in [0.25, 0.3) is 0 Å². The molecule has 0 aromatic carbocycles. The largest absolute Gasteiger partial charge is 0.393 e. The van der Waals surface area contributed by atoms with Crippen LogP contribution in [0.4, 0.5) is 0 Å². The molecule has 1 saturated heterocycles. The van der Waals surface area contributed by atoms with Crippen molar-refractivity contribution in [3.05, 3.63) is 0 Å². The van der Waals surface area contributed by atoms with E-state index in [1.165, 1.54) is 0 Å². The molecule has 0 spiro atoms. The normalized spacial score (nSPS) is 38.1. The van der Waals surface area contributed by atoms with Crippen LogP contribution in [0, 0.1) is 5.92 Å². The van der Waals surface area contributed by atoms with E-state index in [1.54, 1.807) is 7.11 Å². The second-order valence-electron chi connectivity index (χ2n) is 4.79. The summed E-state index contributed by atoms with van der Waals surface area (Å²) in [5.74, 6) is 0.513. The summed E-state index contributed by atoms with van der Waals surface area (Å²) < 4.78 is 5.19. The molecule has 1 amide bonds. The third-order valence-corrected chi connectivity index (χ3v) is 3.52. The Kier molecular flexibility index (Phi) is 3.78. The summed E-state index contributed by atoms with van der Waals surface area (Å²) in [5.41, 5.74) is 0. The van der Waals surface area contributed by atoms with Crippen LogP contribution < -0.4 is 10.6 Å². The summed E-state index contributed by atoms with van der Waals surface area (Å²) in [6.45, 7) is 1.43. The Labute approximate surface area is 95.5 Å². The lowest BCUT2D eigenvalue weighted by Crippen LogP contribution is -2.45. The van der Waals surface area contributed by atoms with Crippen molar-refractivity contribution in [3.63, 3.8) is 0 Å². The first-order valence-electron chi connectivity index (χ1n) is 5.91. The maximum atomic E-state index is 11.7. The quantitative estimate of drug-likeness (QED) is 0.592. The molecule has 0 aromatic heterocycles. The van der Waals surface area contributed by atoms with Gasteiger partial charge in [0, 0.05) is 20.2 Å². The van der Waals surface area contributed by atoms with Crippen LogP contribution >= 0.6 is 0 Å². The molecule has 1 saturated carbocycles. The zero-order valence-electron chi connectivity index (χ0n) is 9.61. The topological polar surface area (TPSA) is 70.6 Å². The molecule has 0 aromatic rings. The summed E-state index contributed by atoms with van der Waals surface area (Å²) in [6.07, 6.45) is 2.39. The molecular formula is C11H20N2O3. The smallest absolute Gasteiger partial charge is 0.237 e. The molecule has 2 fully saturated rings. The van der Waals surface area contributed by atoms with Crippen molar-refractivity contribution >= 4 is 5.91 Å². The Morgan fingerprint density at radius 3 is 2.81 bits per heavy atom. The van der Waals surface area contributed by atoms with Gasteiger partial charge in [-0.2, -0.15) is 0 Å². The lowest BCUT2D eigenvalue weighted by molar-refractivity contribution is -0.123. The molecule has 2 atom stereocenters. The van der Waals surface area contributed by atoms with E-state index >= 15 is 0 Å². The number of ether oxygens (including phenoxy) is 1. The van der Waals surface area contributed by atoms with Gasteiger partial charge in [-0.15, -0.1) is 0 Å². The van der Waals surface area contributed by atoms with Crippen molar-refractivity contribution in [3.8, 4) is 0 Å². The van der Waals surface area contributed by atoms with Gasteiger partial charge in [0.1, 0.15) is 0 Å². The predicted octanol–water partition coefficient (Wildman–Crippen LogP) is -0.750. The Bertz CT molecular complexity index is 254. The highest BCUT2D eigenvalue weighted by atomic mass is 16.5. The fourth-order valence-corrected chi connectivity index (χ4v) is 2.32. The van der Waals surface area contributed by atoms with Crippen molar-refractivity contribution in [2.24, 2.45) is 5.92 Å². The number of methoxy groups -OCH3 is 1. The minimum atomic E-state index is -0.149. The van der Waals surface area contributed by atoms with E-state index in [4.69, 9.17) is 9.84 Å². The van der Waals surface area contributed by atoms with Crippen LogP contribution in [0.1, 0.15) is 19.3 Å². The number of aliphatic hydroxyl groups is 1. The van der Waals surface area contributed by atoms with Crippen molar-refractivity contribution in [2.75, 3.05) is 20.2 Å². The molecular weight excluding hydrogens is 208 g/mol. The molecule has 2 rings (SSSR count). The highest BCUT2D eigenvalue weighted by molar-refractivity contribution is 5.82. The van der Waals surface area contributed by atoms with E-state index in [0.29, 0.717) is 12.5 Å². The van der Waals surface area contributed by atoms with Gasteiger partial charge >= 0.3 is 0 Å². The summed E-state index contributed by atoms with van der Waals surface area (Å²) in [5, 5.41) is 15.2. The van der Waals surface area contributed by atoms with Crippen LogP contribution in [0.5, 0.6) is 0 Å². The van der Waals surface area contributed by atoms with Crippen molar-refractivity contribution in [1.82, 2.24) is 10.6 Å². The highest BCUT2D eigenvalue weighted by Crippen LogP contribution is 2.26. The first-order valence-corrected chi connectivity index (χ1v) is 5.91. The van der Waals surface area contributed by atoms with Gasteiger partial charge in [0.25, 0.3) is 0 Å². The fourth-order valence-electron chi connectivity index (χ4n) is 2.32. The molecule has 2 unspecified atom stereocenters. The molecule has 1 aliphatic heterocycles. The summed E-state index contributed by atoms with van der Waals surface area (Å²) in [4.78, 5) is 11.7. The monoisotopic (exact) mass is 228 g/mol. The Morgan fingerprint density at radius 1 is 1.50 bits per heavy atom. The van der Waals surface area contributed by atoms with E-state index < -0.39 is 0 Å². The zero-order chi connectivity index (χ0) is 11.5. The highest BCUT2D eigenvalue weighted by Gasteiger charge is 2.31. The van der Waals surface area contributed by atoms with Crippen LogP contribution in [-0.4, -0.2) is 49.5 Å². The van der Waals surface area contributed by atoms with Gasteiger partial charge < -0.3 is 20.5 Å². The van der Waals surface area contributed by atoms with Gasteiger partial charge in [0.2, 0.25) is 5.91 Å². The number of aliphatic hydroxyl groups excluding tert-OH is 1. The van der Waals surface area contributed by atoms with Crippen LogP contribution in [0.15, 0.2) is 0 Å². The number of hydrogen-bond donors (Lipinski definition) is 3. The molecule has 5 nitrogen and oxygen atoms in total. The van der Waals surface area contributed by atoms with Crippen molar-refractivity contribution < 1.29 is 14.6 Å². The van der Waals surface area contributed by atoms with Crippen LogP contribution in [-0.2, 0) is 9.53 Å². The average molecular weight is 228 g/mol. The lowest BCUT2D eigenvalue weighted by atomic mass is 9.82. The Hall–Kier alpha value is -0.650. The Morgan fingerprint density at radius 2 is 2.25 bits per heavy atom. The molecule has 2 aliphatic rings. The van der Waals surface area contributed by atoms with E-state index in [0.717, 1.165) is 25.8 Å². The van der Waals surface area contributed by atoms with Gasteiger partial charge in [-0.1, -0.05) is 0 Å². The summed E-state index contributed by atoms with van der Waals surface area (Å²) in [6, 6.07) is -0.116. The average Bonchev–Trinajstić information content (AvgIpc) is 2.70. The van der Waals surface area contributed by atoms with Gasteiger partial charge in [0.05, 0.1) is 18.2 Å². The van der Waals surface area contributed by atoms with Crippen molar-refractivity contribution in [1.29, 1.82) is 0 Å². The van der Waals surface area contributed by atoms with Crippen molar-refractivity contribution in [2.45, 2.75) is 37.5 Å². The van der Waals surface area contributed by atoms with Crippen LogP contribution in [0.3, 0.4) is 0 Å². The summed E-state index contributed by atoms with van der Waals surface area (Å²) in [7, 11) is 1.67. The molecule has 3 N–H and O–H groups in total. The minimum Gasteiger partial charge on any atom is -0.393 e. The van der Waals surface area contributed by atoms with E-state index in [2.05, 4.69) is 10.6 Å². The van der Waals surface area contributed by atoms with Gasteiger partial charge in [-0.3, -0.25) is 4.79 Å². The fraction of sp³-hybridized carbons (Fsp3) is 0.909. The van der Waals surface area contributed by atoms with Crippen LogP contribution in [0.2, 0.25) is 0 Å². The first kappa shape index (κ1) is 11.8. The third-order valence-electron chi connectivity index (χ3n) is 3.52. The maximum absolute atomic E-state index is 11.7. The first-order chi connectivity index (χ1) is 7.69. The van der Waals surface area contributed by atoms with Gasteiger partial charge in [-0.25, -0.2) is 0 Å². The van der Waals surface area contributed by atoms with E-state index in [9.17, 15) is 4.79 Å². The number of rotatable bonds is 4. The maximum Gasteiger partial charge on any atom is 0.237 e. The number of carbonyl (C=O) groups excluding carboxylic acids is 1. The van der Waals surface area contributed by atoms with Gasteiger partial charge in [-0.05, 0) is 25.2 Å². The zero-order valence-corrected chi connectivity index (χ0v) is 9.61. The van der Waals surface area contributed by atoms with E-state index in [-0.39, 0.29) is 24.2 Å². The summed E-state index contributed by atoms with van der Waals surface area (Å²) >= 11 is 0. The minimum absolute atomic E-state index is 0.0564. The molecule has 1 heterocycles. The number of nitrogens with one attached hydrogen (secondary N) is 2. The number of amides is 1. The molecule has 0 radical (unpaired) electrons. The molecule has 5 heteroatoms. The van der Waals surface area contributed by atoms with E-state index in [1.807, 2.05) is 0 Å². The Balaban J connectivity index is 1.64. The number of carbonyl (C=O) groups is 1. The third kappa shape index (κ3) is 2.72. The predicted molar refractivity (Wildman–Crippen MR) is 58.9 cm³/mol. The molecule has 1 aliphatic carbocycles. The lowest BCUT2D eigenvalue weighted by Gasteiger charge is -2.31. The number of hydrogen-bond acceptors (Lipinski definition) is 4.